The molecule has 0 aliphatic rings. The molecule has 0 bridgehead atoms. The predicted octanol–water partition coefficient (Wildman–Crippen LogP) is 3.01. The molecule has 16 heavy (non-hydrogen) atoms. The zero-order valence-corrected chi connectivity index (χ0v) is 8.77. The van der Waals surface area contributed by atoms with E-state index in [0.29, 0.717) is 12.0 Å². The molecule has 0 saturated carbocycles. The van der Waals surface area contributed by atoms with Crippen LogP contribution in [0.25, 0.3) is 11.1 Å². The van der Waals surface area contributed by atoms with Crippen LogP contribution in [0.5, 0.6) is 0 Å². The van der Waals surface area contributed by atoms with E-state index in [0.717, 1.165) is 16.8 Å². The average molecular weight is 215 g/mol. The first-order valence-electron chi connectivity index (χ1n) is 4.89. The first-order valence-corrected chi connectivity index (χ1v) is 4.89. The summed E-state index contributed by atoms with van der Waals surface area (Å²) in [5.41, 5.74) is 2.97. The summed E-state index contributed by atoms with van der Waals surface area (Å²) in [6, 6.07) is 9.67. The largest absolute Gasteiger partial charge is 0.296 e. The zero-order chi connectivity index (χ0) is 11.5. The van der Waals surface area contributed by atoms with Gasteiger partial charge in [0.2, 0.25) is 0 Å². The smallest absolute Gasteiger partial charge is 0.168 e. The quantitative estimate of drug-likeness (QED) is 0.721. The molecule has 0 radical (unpaired) electrons. The van der Waals surface area contributed by atoms with Crippen molar-refractivity contribution in [3.63, 3.8) is 0 Å². The first-order chi connectivity index (χ1) is 7.70. The SMILES string of the molecule is Cc1nc(C=O)ccc1-c1ccc(F)cc1. The molecule has 0 atom stereocenters. The number of aromatic nitrogens is 1. The first kappa shape index (κ1) is 10.5. The Morgan fingerprint density at radius 2 is 1.81 bits per heavy atom. The van der Waals surface area contributed by atoms with Crippen molar-refractivity contribution in [2.75, 3.05) is 0 Å². The molecule has 2 nitrogen and oxygen atoms in total. The van der Waals surface area contributed by atoms with Gasteiger partial charge in [-0.25, -0.2) is 9.37 Å². The second-order valence-electron chi connectivity index (χ2n) is 3.49. The van der Waals surface area contributed by atoms with Gasteiger partial charge in [-0.1, -0.05) is 18.2 Å². The lowest BCUT2D eigenvalue weighted by Crippen LogP contribution is -1.93. The van der Waals surface area contributed by atoms with Crippen LogP contribution in [0.2, 0.25) is 0 Å². The van der Waals surface area contributed by atoms with E-state index in [1.165, 1.54) is 12.1 Å². The van der Waals surface area contributed by atoms with Gasteiger partial charge in [-0.2, -0.15) is 0 Å². The molecule has 0 aliphatic heterocycles. The van der Waals surface area contributed by atoms with E-state index in [1.54, 1.807) is 18.2 Å². The Balaban J connectivity index is 2.48. The molecule has 0 aliphatic carbocycles. The molecule has 80 valence electrons. The average Bonchev–Trinajstić information content (AvgIpc) is 2.30. The molecule has 2 rings (SSSR count). The number of carbonyl (C=O) groups excluding carboxylic acids is 1. The van der Waals surface area contributed by atoms with E-state index in [2.05, 4.69) is 4.98 Å². The highest BCUT2D eigenvalue weighted by Crippen LogP contribution is 2.22. The third kappa shape index (κ3) is 1.98. The third-order valence-corrected chi connectivity index (χ3v) is 2.38. The Morgan fingerprint density at radius 3 is 2.38 bits per heavy atom. The molecule has 0 spiro atoms. The molecule has 1 aromatic carbocycles. The molecule has 0 unspecified atom stereocenters. The zero-order valence-electron chi connectivity index (χ0n) is 8.77. The van der Waals surface area contributed by atoms with Crippen LogP contribution in [0, 0.1) is 12.7 Å². The predicted molar refractivity (Wildman–Crippen MR) is 59.8 cm³/mol. The normalized spacial score (nSPS) is 10.1. The highest BCUT2D eigenvalue weighted by atomic mass is 19.1. The minimum Gasteiger partial charge on any atom is -0.296 e. The van der Waals surface area contributed by atoms with Crippen molar-refractivity contribution >= 4 is 6.29 Å². The van der Waals surface area contributed by atoms with Gasteiger partial charge >= 0.3 is 0 Å². The van der Waals surface area contributed by atoms with Crippen LogP contribution in [0.1, 0.15) is 16.2 Å². The fourth-order valence-electron chi connectivity index (χ4n) is 1.58. The van der Waals surface area contributed by atoms with E-state index in [9.17, 15) is 9.18 Å². The fraction of sp³-hybridized carbons (Fsp3) is 0.0769. The number of halogens is 1. The van der Waals surface area contributed by atoms with Gasteiger partial charge in [0.25, 0.3) is 0 Å². The summed E-state index contributed by atoms with van der Waals surface area (Å²) in [5, 5.41) is 0. The van der Waals surface area contributed by atoms with E-state index in [1.807, 2.05) is 13.0 Å². The van der Waals surface area contributed by atoms with Gasteiger partial charge in [0.15, 0.2) is 6.29 Å². The summed E-state index contributed by atoms with van der Waals surface area (Å²) >= 11 is 0. The molecule has 0 N–H and O–H groups in total. The molecule has 0 saturated heterocycles. The number of benzene rings is 1. The summed E-state index contributed by atoms with van der Waals surface area (Å²) in [5.74, 6) is -0.265. The second kappa shape index (κ2) is 4.23. The Kier molecular flexibility index (Phi) is 2.77. The molecule has 1 aromatic heterocycles. The molecule has 3 heteroatoms. The number of hydrogen-bond acceptors (Lipinski definition) is 2. The van der Waals surface area contributed by atoms with E-state index >= 15 is 0 Å². The van der Waals surface area contributed by atoms with Gasteiger partial charge in [0.1, 0.15) is 11.5 Å². The lowest BCUT2D eigenvalue weighted by molar-refractivity contribution is 0.111. The minimum absolute atomic E-state index is 0.265. The standard InChI is InChI=1S/C13H10FNO/c1-9-13(7-6-12(8-16)15-9)10-2-4-11(14)5-3-10/h2-8H,1H3. The Hall–Kier alpha value is -2.03. The molecule has 0 amide bonds. The maximum atomic E-state index is 12.8. The van der Waals surface area contributed by atoms with Crippen molar-refractivity contribution < 1.29 is 9.18 Å². The molecule has 1 heterocycles. The van der Waals surface area contributed by atoms with E-state index < -0.39 is 0 Å². The van der Waals surface area contributed by atoms with Crippen molar-refractivity contribution in [2.24, 2.45) is 0 Å². The van der Waals surface area contributed by atoms with Crippen LogP contribution in [0.15, 0.2) is 36.4 Å². The minimum atomic E-state index is -0.265. The Labute approximate surface area is 92.8 Å². The highest BCUT2D eigenvalue weighted by Gasteiger charge is 2.04. The van der Waals surface area contributed by atoms with Crippen LogP contribution in [-0.2, 0) is 0 Å². The highest BCUT2D eigenvalue weighted by molar-refractivity contribution is 5.74. The van der Waals surface area contributed by atoms with Crippen molar-refractivity contribution in [1.29, 1.82) is 0 Å². The molecular weight excluding hydrogens is 205 g/mol. The van der Waals surface area contributed by atoms with Gasteiger partial charge < -0.3 is 0 Å². The maximum Gasteiger partial charge on any atom is 0.168 e. The Bertz CT molecular complexity index is 520. The van der Waals surface area contributed by atoms with Crippen molar-refractivity contribution in [3.05, 3.63) is 53.6 Å². The summed E-state index contributed by atoms with van der Waals surface area (Å²) < 4.78 is 12.8. The lowest BCUT2D eigenvalue weighted by atomic mass is 10.0. The maximum absolute atomic E-state index is 12.8. The number of aryl methyl sites for hydroxylation is 1. The van der Waals surface area contributed by atoms with E-state index in [4.69, 9.17) is 0 Å². The number of pyridine rings is 1. The van der Waals surface area contributed by atoms with Crippen molar-refractivity contribution in [3.8, 4) is 11.1 Å². The summed E-state index contributed by atoms with van der Waals surface area (Å²) in [6.45, 7) is 1.83. The fourth-order valence-corrected chi connectivity index (χ4v) is 1.58. The molecule has 2 aromatic rings. The van der Waals surface area contributed by atoms with Crippen molar-refractivity contribution in [2.45, 2.75) is 6.92 Å². The van der Waals surface area contributed by atoms with Gasteiger partial charge in [0, 0.05) is 11.3 Å². The van der Waals surface area contributed by atoms with Gasteiger partial charge in [-0.15, -0.1) is 0 Å². The number of nitrogens with zero attached hydrogens (tertiary/aromatic N) is 1. The molecular formula is C13H10FNO. The monoisotopic (exact) mass is 215 g/mol. The van der Waals surface area contributed by atoms with Crippen LogP contribution >= 0.6 is 0 Å². The summed E-state index contributed by atoms with van der Waals surface area (Å²) in [4.78, 5) is 14.7. The third-order valence-electron chi connectivity index (χ3n) is 2.38. The van der Waals surface area contributed by atoms with E-state index in [-0.39, 0.29) is 5.82 Å². The van der Waals surface area contributed by atoms with Crippen LogP contribution in [-0.4, -0.2) is 11.3 Å². The summed E-state index contributed by atoms with van der Waals surface area (Å²) in [6.07, 6.45) is 0.710. The van der Waals surface area contributed by atoms with Crippen LogP contribution < -0.4 is 0 Å². The topological polar surface area (TPSA) is 30.0 Å². The number of rotatable bonds is 2. The number of carbonyl (C=O) groups is 1. The van der Waals surface area contributed by atoms with Gasteiger partial charge in [0.05, 0.1) is 0 Å². The van der Waals surface area contributed by atoms with Gasteiger partial charge in [-0.05, 0) is 30.7 Å². The second-order valence-corrected chi connectivity index (χ2v) is 3.49. The lowest BCUT2D eigenvalue weighted by Gasteiger charge is -2.05. The van der Waals surface area contributed by atoms with Gasteiger partial charge in [-0.3, -0.25) is 4.79 Å². The van der Waals surface area contributed by atoms with Crippen LogP contribution in [0.3, 0.4) is 0 Å². The Morgan fingerprint density at radius 1 is 1.12 bits per heavy atom. The number of hydrogen-bond donors (Lipinski definition) is 0. The van der Waals surface area contributed by atoms with Crippen molar-refractivity contribution in [1.82, 2.24) is 4.98 Å². The summed E-state index contributed by atoms with van der Waals surface area (Å²) in [7, 11) is 0. The number of aldehydes is 1. The van der Waals surface area contributed by atoms with Crippen LogP contribution in [0.4, 0.5) is 4.39 Å². The molecule has 0 fully saturated rings.